The predicted molar refractivity (Wildman–Crippen MR) is 183 cm³/mol. The molecule has 0 saturated heterocycles. The molecule has 0 radical (unpaired) electrons. The van der Waals surface area contributed by atoms with Crippen molar-refractivity contribution in [2.24, 2.45) is 23.3 Å². The van der Waals surface area contributed by atoms with Crippen LogP contribution in [0.5, 0.6) is 11.5 Å². The lowest BCUT2D eigenvalue weighted by Crippen LogP contribution is -2.48. The zero-order valence-electron chi connectivity index (χ0n) is 29.0. The molecule has 2 amide bonds. The van der Waals surface area contributed by atoms with Crippen LogP contribution in [-0.2, 0) is 9.59 Å². The van der Waals surface area contributed by atoms with Crippen LogP contribution >= 0.6 is 0 Å². The summed E-state index contributed by atoms with van der Waals surface area (Å²) in [6, 6.07) is 6.56. The van der Waals surface area contributed by atoms with Crippen molar-refractivity contribution >= 4 is 11.8 Å². The predicted octanol–water partition coefficient (Wildman–Crippen LogP) is 6.79. The van der Waals surface area contributed by atoms with Gasteiger partial charge in [0.2, 0.25) is 11.8 Å². The first-order chi connectivity index (χ1) is 21.2. The number of carbonyl (C=O) groups is 2. The van der Waals surface area contributed by atoms with E-state index in [1.807, 2.05) is 47.9 Å². The first-order valence-electron chi connectivity index (χ1n) is 17.6. The van der Waals surface area contributed by atoms with Crippen LogP contribution in [0.25, 0.3) is 0 Å². The molecule has 0 aliphatic rings. The fourth-order valence-electron chi connectivity index (χ4n) is 5.07. The Balaban J connectivity index is 2.64. The monoisotopic (exact) mass is 619 g/mol. The Morgan fingerprint density at radius 2 is 0.932 bits per heavy atom. The Bertz CT molecular complexity index is 810. The van der Waals surface area contributed by atoms with Crippen molar-refractivity contribution in [1.82, 2.24) is 9.80 Å². The second-order valence-electron chi connectivity index (χ2n) is 12.5. The molecule has 4 N–H and O–H groups in total. The molecule has 1 aromatic carbocycles. The highest BCUT2D eigenvalue weighted by atomic mass is 16.5. The van der Waals surface area contributed by atoms with Crippen molar-refractivity contribution in [3.63, 3.8) is 0 Å². The molecule has 0 unspecified atom stereocenters. The molecule has 0 saturated carbocycles. The maximum absolute atomic E-state index is 13.1. The molecule has 0 aromatic heterocycles. The Morgan fingerprint density at radius 1 is 0.591 bits per heavy atom. The second kappa shape index (κ2) is 24.0. The first kappa shape index (κ1) is 39.7. The minimum atomic E-state index is -0.481. The standard InChI is InChI=1S/C36H66N4O4/c1-7-11-13-15-17-23-39(35(41)33(37)29(5)9-3)25-27-43-31-19-21-32(22-20-31)44-28-26-40(24-18-16-14-12-8-2)36(42)34(38)30(6)10-4/h19-22,29-30,33-34H,7-18,23-28,37-38H2,1-6H3/t29-,30-,33-,34-/m0/s1. The lowest BCUT2D eigenvalue weighted by molar-refractivity contribution is -0.135. The molecule has 0 heterocycles. The average Bonchev–Trinajstić information content (AvgIpc) is 3.04. The largest absolute Gasteiger partial charge is 0.492 e. The van der Waals surface area contributed by atoms with Gasteiger partial charge in [0.25, 0.3) is 0 Å². The van der Waals surface area contributed by atoms with Gasteiger partial charge in [0.05, 0.1) is 25.2 Å². The minimum absolute atomic E-state index is 0.0146. The Labute approximate surface area is 269 Å². The third-order valence-corrected chi connectivity index (χ3v) is 8.85. The quantitative estimate of drug-likeness (QED) is 0.111. The zero-order chi connectivity index (χ0) is 32.7. The summed E-state index contributed by atoms with van der Waals surface area (Å²) in [7, 11) is 0. The van der Waals surface area contributed by atoms with Crippen molar-refractivity contribution in [3.8, 4) is 11.5 Å². The maximum atomic E-state index is 13.1. The van der Waals surface area contributed by atoms with Crippen LogP contribution < -0.4 is 20.9 Å². The molecule has 0 spiro atoms. The molecule has 1 aromatic rings. The zero-order valence-corrected chi connectivity index (χ0v) is 29.0. The Hall–Kier alpha value is -2.32. The maximum Gasteiger partial charge on any atom is 0.239 e. The normalized spacial score (nSPS) is 14.0. The fourth-order valence-corrected chi connectivity index (χ4v) is 5.07. The van der Waals surface area contributed by atoms with E-state index in [2.05, 4.69) is 27.7 Å². The lowest BCUT2D eigenvalue weighted by atomic mass is 9.98. The molecule has 0 bridgehead atoms. The summed E-state index contributed by atoms with van der Waals surface area (Å²) < 4.78 is 12.0. The second-order valence-corrected chi connectivity index (χ2v) is 12.5. The van der Waals surface area contributed by atoms with Crippen LogP contribution in [0.1, 0.15) is 119 Å². The number of nitrogens with two attached hydrogens (primary N) is 2. The van der Waals surface area contributed by atoms with E-state index < -0.39 is 12.1 Å². The number of nitrogens with zero attached hydrogens (tertiary/aromatic N) is 2. The highest BCUT2D eigenvalue weighted by Crippen LogP contribution is 2.19. The van der Waals surface area contributed by atoms with Gasteiger partial charge >= 0.3 is 0 Å². The van der Waals surface area contributed by atoms with E-state index in [1.54, 1.807) is 0 Å². The van der Waals surface area contributed by atoms with E-state index in [1.165, 1.54) is 38.5 Å². The first-order valence-corrected chi connectivity index (χ1v) is 17.6. The van der Waals surface area contributed by atoms with Gasteiger partial charge < -0.3 is 30.7 Å². The van der Waals surface area contributed by atoms with Crippen molar-refractivity contribution in [2.45, 2.75) is 131 Å². The van der Waals surface area contributed by atoms with Gasteiger partial charge in [0.15, 0.2) is 0 Å². The minimum Gasteiger partial charge on any atom is -0.492 e. The van der Waals surface area contributed by atoms with Crippen LogP contribution in [0, 0.1) is 11.8 Å². The van der Waals surface area contributed by atoms with Gasteiger partial charge in [-0.3, -0.25) is 9.59 Å². The smallest absolute Gasteiger partial charge is 0.239 e. The Kier molecular flexibility index (Phi) is 21.6. The van der Waals surface area contributed by atoms with Gasteiger partial charge in [-0.2, -0.15) is 0 Å². The van der Waals surface area contributed by atoms with E-state index in [9.17, 15) is 9.59 Å². The van der Waals surface area contributed by atoms with Crippen LogP contribution in [0.2, 0.25) is 0 Å². The molecule has 44 heavy (non-hydrogen) atoms. The van der Waals surface area contributed by atoms with Crippen molar-refractivity contribution < 1.29 is 19.1 Å². The van der Waals surface area contributed by atoms with Crippen molar-refractivity contribution in [1.29, 1.82) is 0 Å². The summed E-state index contributed by atoms with van der Waals surface area (Å²) in [5.41, 5.74) is 12.6. The van der Waals surface area contributed by atoms with Gasteiger partial charge in [0.1, 0.15) is 24.7 Å². The highest BCUT2D eigenvalue weighted by molar-refractivity contribution is 5.82. The molecule has 0 fully saturated rings. The molecular weight excluding hydrogens is 552 g/mol. The van der Waals surface area contributed by atoms with E-state index in [4.69, 9.17) is 20.9 Å². The lowest BCUT2D eigenvalue weighted by Gasteiger charge is -2.28. The molecule has 4 atom stereocenters. The van der Waals surface area contributed by atoms with E-state index in [-0.39, 0.29) is 23.7 Å². The molecule has 8 nitrogen and oxygen atoms in total. The summed E-state index contributed by atoms with van der Waals surface area (Å²) in [4.78, 5) is 30.0. The van der Waals surface area contributed by atoms with Gasteiger partial charge in [0, 0.05) is 13.1 Å². The van der Waals surface area contributed by atoms with E-state index in [0.717, 1.165) is 50.0 Å². The summed E-state index contributed by atoms with van der Waals surface area (Å²) in [5.74, 6) is 1.77. The summed E-state index contributed by atoms with van der Waals surface area (Å²) in [6.45, 7) is 15.9. The number of rotatable bonds is 26. The van der Waals surface area contributed by atoms with Crippen molar-refractivity contribution in [2.75, 3.05) is 39.4 Å². The van der Waals surface area contributed by atoms with Crippen LogP contribution in [0.15, 0.2) is 24.3 Å². The number of carbonyl (C=O) groups excluding carboxylic acids is 2. The Morgan fingerprint density at radius 3 is 1.25 bits per heavy atom. The molecule has 8 heteroatoms. The molecule has 254 valence electrons. The number of amides is 2. The molecule has 1 rings (SSSR count). The number of unbranched alkanes of at least 4 members (excludes halogenated alkanes) is 8. The number of benzene rings is 1. The number of hydrogen-bond donors (Lipinski definition) is 2. The molecular formula is C36H66N4O4. The molecule has 0 aliphatic carbocycles. The summed E-state index contributed by atoms with van der Waals surface area (Å²) in [5, 5.41) is 0. The highest BCUT2D eigenvalue weighted by Gasteiger charge is 2.26. The summed E-state index contributed by atoms with van der Waals surface area (Å²) >= 11 is 0. The molecule has 0 aliphatic heterocycles. The van der Waals surface area contributed by atoms with Crippen LogP contribution in [0.4, 0.5) is 0 Å². The van der Waals surface area contributed by atoms with Gasteiger partial charge in [-0.05, 0) is 48.9 Å². The summed E-state index contributed by atoms with van der Waals surface area (Å²) in [6.07, 6.45) is 13.2. The van der Waals surface area contributed by atoms with E-state index >= 15 is 0 Å². The average molecular weight is 619 g/mol. The van der Waals surface area contributed by atoms with Gasteiger partial charge in [-0.1, -0.05) is 106 Å². The van der Waals surface area contributed by atoms with Crippen LogP contribution in [-0.4, -0.2) is 73.1 Å². The number of ether oxygens (including phenoxy) is 2. The van der Waals surface area contributed by atoms with Gasteiger partial charge in [-0.25, -0.2) is 0 Å². The number of hydrogen-bond acceptors (Lipinski definition) is 6. The SMILES string of the molecule is CCCCCCCN(CCOc1ccc(OCCN(CCCCCCC)C(=O)[C@@H](N)[C@@H](C)CC)cc1)C(=O)[C@@H](N)[C@@H](C)CC. The van der Waals surface area contributed by atoms with Crippen molar-refractivity contribution in [3.05, 3.63) is 24.3 Å². The van der Waals surface area contributed by atoms with Crippen LogP contribution in [0.3, 0.4) is 0 Å². The third kappa shape index (κ3) is 15.6. The third-order valence-electron chi connectivity index (χ3n) is 8.85. The topological polar surface area (TPSA) is 111 Å². The van der Waals surface area contributed by atoms with E-state index in [0.29, 0.717) is 39.4 Å². The van der Waals surface area contributed by atoms with Gasteiger partial charge in [-0.15, -0.1) is 0 Å². The fraction of sp³-hybridized carbons (Fsp3) is 0.778.